The van der Waals surface area contributed by atoms with Crippen LogP contribution in [0.25, 0.3) is 0 Å². The van der Waals surface area contributed by atoms with Gasteiger partial charge >= 0.3 is 0 Å². The molecule has 102 valence electrons. The Morgan fingerprint density at radius 3 is 2.30 bits per heavy atom. The van der Waals surface area contributed by atoms with Gasteiger partial charge in [0, 0.05) is 23.4 Å². The predicted molar refractivity (Wildman–Crippen MR) is 77.0 cm³/mol. The average molecular weight is 270 g/mol. The summed E-state index contributed by atoms with van der Waals surface area (Å²) in [6.45, 7) is 3.84. The summed E-state index contributed by atoms with van der Waals surface area (Å²) in [4.78, 5) is 22.2. The van der Waals surface area contributed by atoms with E-state index in [4.69, 9.17) is 0 Å². The van der Waals surface area contributed by atoms with Crippen molar-refractivity contribution in [2.24, 2.45) is 0 Å². The van der Waals surface area contributed by atoms with Gasteiger partial charge in [0.1, 0.15) is 0 Å². The first-order valence-electron chi connectivity index (χ1n) is 6.10. The van der Waals surface area contributed by atoms with E-state index in [1.807, 2.05) is 26.0 Å². The molecule has 2 aromatic rings. The third-order valence-electron chi connectivity index (χ3n) is 2.96. The molecule has 0 saturated carbocycles. The number of nitrogens with zero attached hydrogens (tertiary/aromatic N) is 1. The van der Waals surface area contributed by atoms with Crippen molar-refractivity contribution < 1.29 is 9.72 Å². The normalized spacial score (nSPS) is 10.1. The maximum absolute atomic E-state index is 12.1. The molecule has 20 heavy (non-hydrogen) atoms. The lowest BCUT2D eigenvalue weighted by molar-refractivity contribution is -0.384. The Balaban J connectivity index is 2.17. The number of carbonyl (C=O) groups excluding carboxylic acids is 1. The van der Waals surface area contributed by atoms with Crippen LogP contribution in [0.1, 0.15) is 21.5 Å². The highest BCUT2D eigenvalue weighted by Crippen LogP contribution is 2.17. The number of nitrogens with one attached hydrogen (secondary N) is 1. The van der Waals surface area contributed by atoms with Crippen LogP contribution in [0.15, 0.2) is 42.5 Å². The van der Waals surface area contributed by atoms with Gasteiger partial charge in [0.05, 0.1) is 4.92 Å². The Kier molecular flexibility index (Phi) is 3.79. The van der Waals surface area contributed by atoms with Gasteiger partial charge in [0.25, 0.3) is 11.6 Å². The number of non-ortho nitro benzene ring substituents is 1. The minimum absolute atomic E-state index is 0.00508. The first-order valence-corrected chi connectivity index (χ1v) is 6.10. The number of rotatable bonds is 3. The molecule has 0 aliphatic rings. The third-order valence-corrected chi connectivity index (χ3v) is 2.96. The number of hydrogen-bond donors (Lipinski definition) is 1. The fourth-order valence-corrected chi connectivity index (χ4v) is 1.93. The molecule has 0 aromatic heterocycles. The van der Waals surface area contributed by atoms with Crippen molar-refractivity contribution in [2.75, 3.05) is 5.32 Å². The maximum Gasteiger partial charge on any atom is 0.269 e. The van der Waals surface area contributed by atoms with Gasteiger partial charge in [-0.3, -0.25) is 14.9 Å². The standard InChI is InChI=1S/C15H14N2O3/c1-10-3-8-14(11(2)9-10)15(18)16-12-4-6-13(7-5-12)17(19)20/h3-9H,1-2H3,(H,16,18). The molecular formula is C15H14N2O3. The Morgan fingerprint density at radius 2 is 1.75 bits per heavy atom. The van der Waals surface area contributed by atoms with Gasteiger partial charge in [-0.15, -0.1) is 0 Å². The molecule has 0 aliphatic heterocycles. The monoisotopic (exact) mass is 270 g/mol. The van der Waals surface area contributed by atoms with Gasteiger partial charge in [-0.05, 0) is 37.6 Å². The summed E-state index contributed by atoms with van der Waals surface area (Å²) >= 11 is 0. The van der Waals surface area contributed by atoms with Crippen LogP contribution in [-0.4, -0.2) is 10.8 Å². The minimum Gasteiger partial charge on any atom is -0.322 e. The minimum atomic E-state index is -0.476. The zero-order valence-electron chi connectivity index (χ0n) is 11.2. The van der Waals surface area contributed by atoms with Crippen LogP contribution in [0, 0.1) is 24.0 Å². The summed E-state index contributed by atoms with van der Waals surface area (Å²) < 4.78 is 0. The number of anilines is 1. The van der Waals surface area contributed by atoms with Gasteiger partial charge in [-0.25, -0.2) is 0 Å². The van der Waals surface area contributed by atoms with Gasteiger partial charge in [0.15, 0.2) is 0 Å². The van der Waals surface area contributed by atoms with E-state index in [1.54, 1.807) is 6.07 Å². The first kappa shape index (κ1) is 13.7. The third kappa shape index (κ3) is 3.00. The van der Waals surface area contributed by atoms with Gasteiger partial charge in [0.2, 0.25) is 0 Å². The summed E-state index contributed by atoms with van der Waals surface area (Å²) in [5.41, 5.74) is 3.10. The Hall–Kier alpha value is -2.69. The Morgan fingerprint density at radius 1 is 1.10 bits per heavy atom. The molecule has 2 aromatic carbocycles. The molecule has 0 atom stereocenters. The van der Waals surface area contributed by atoms with Crippen molar-refractivity contribution in [3.8, 4) is 0 Å². The van der Waals surface area contributed by atoms with E-state index >= 15 is 0 Å². The zero-order chi connectivity index (χ0) is 14.7. The van der Waals surface area contributed by atoms with Crippen molar-refractivity contribution >= 4 is 17.3 Å². The van der Waals surface area contributed by atoms with E-state index in [2.05, 4.69) is 5.32 Å². The number of benzene rings is 2. The lowest BCUT2D eigenvalue weighted by atomic mass is 10.1. The summed E-state index contributed by atoms with van der Waals surface area (Å²) in [5, 5.41) is 13.3. The highest BCUT2D eigenvalue weighted by molar-refractivity contribution is 6.05. The van der Waals surface area contributed by atoms with Crippen LogP contribution in [0.2, 0.25) is 0 Å². The van der Waals surface area contributed by atoms with E-state index in [9.17, 15) is 14.9 Å². The summed E-state index contributed by atoms with van der Waals surface area (Å²) in [6.07, 6.45) is 0. The molecule has 5 nitrogen and oxygen atoms in total. The second-order valence-electron chi connectivity index (χ2n) is 4.58. The summed E-state index contributed by atoms with van der Waals surface area (Å²) in [7, 11) is 0. The number of nitro groups is 1. The molecular weight excluding hydrogens is 256 g/mol. The molecule has 1 N–H and O–H groups in total. The van der Waals surface area contributed by atoms with E-state index in [-0.39, 0.29) is 11.6 Å². The van der Waals surface area contributed by atoms with Gasteiger partial charge < -0.3 is 5.32 Å². The average Bonchev–Trinajstić information content (AvgIpc) is 2.39. The number of aryl methyl sites for hydroxylation is 2. The molecule has 0 aliphatic carbocycles. The number of amides is 1. The molecule has 0 radical (unpaired) electrons. The summed E-state index contributed by atoms with van der Waals surface area (Å²) in [6, 6.07) is 11.3. The van der Waals surface area contributed by atoms with Gasteiger partial charge in [-0.2, -0.15) is 0 Å². The molecule has 5 heteroatoms. The van der Waals surface area contributed by atoms with Crippen molar-refractivity contribution in [1.29, 1.82) is 0 Å². The molecule has 0 unspecified atom stereocenters. The van der Waals surface area contributed by atoms with Gasteiger partial charge in [-0.1, -0.05) is 17.7 Å². The molecule has 0 spiro atoms. The molecule has 0 bridgehead atoms. The number of carbonyl (C=O) groups is 1. The van der Waals surface area contributed by atoms with Crippen LogP contribution >= 0.6 is 0 Å². The maximum atomic E-state index is 12.1. The SMILES string of the molecule is Cc1ccc(C(=O)Nc2ccc([N+](=O)[O-])cc2)c(C)c1. The quantitative estimate of drug-likeness (QED) is 0.685. The van der Waals surface area contributed by atoms with Crippen molar-refractivity contribution in [1.82, 2.24) is 0 Å². The van der Waals surface area contributed by atoms with Crippen LogP contribution in [0.5, 0.6) is 0 Å². The topological polar surface area (TPSA) is 72.2 Å². The highest BCUT2D eigenvalue weighted by Gasteiger charge is 2.10. The first-order chi connectivity index (χ1) is 9.47. The van der Waals surface area contributed by atoms with E-state index in [1.165, 1.54) is 24.3 Å². The van der Waals surface area contributed by atoms with Crippen molar-refractivity contribution in [2.45, 2.75) is 13.8 Å². The van der Waals surface area contributed by atoms with Crippen LogP contribution in [0.4, 0.5) is 11.4 Å². The fraction of sp³-hybridized carbons (Fsp3) is 0.133. The molecule has 2 rings (SSSR count). The molecule has 0 fully saturated rings. The predicted octanol–water partition coefficient (Wildman–Crippen LogP) is 3.46. The summed E-state index contributed by atoms with van der Waals surface area (Å²) in [5.74, 6) is -0.226. The van der Waals surface area contributed by atoms with Crippen molar-refractivity contribution in [3.63, 3.8) is 0 Å². The van der Waals surface area contributed by atoms with Crippen LogP contribution in [0.3, 0.4) is 0 Å². The number of nitro benzene ring substituents is 1. The fourth-order valence-electron chi connectivity index (χ4n) is 1.93. The second-order valence-corrected chi connectivity index (χ2v) is 4.58. The van der Waals surface area contributed by atoms with Crippen LogP contribution in [-0.2, 0) is 0 Å². The van der Waals surface area contributed by atoms with E-state index in [0.717, 1.165) is 11.1 Å². The molecule has 1 amide bonds. The molecule has 0 saturated heterocycles. The van der Waals surface area contributed by atoms with Crippen LogP contribution < -0.4 is 5.32 Å². The lowest BCUT2D eigenvalue weighted by Gasteiger charge is -2.08. The number of hydrogen-bond acceptors (Lipinski definition) is 3. The van der Waals surface area contributed by atoms with E-state index < -0.39 is 4.92 Å². The lowest BCUT2D eigenvalue weighted by Crippen LogP contribution is -2.13. The molecule has 0 heterocycles. The van der Waals surface area contributed by atoms with E-state index in [0.29, 0.717) is 11.3 Å². The zero-order valence-corrected chi connectivity index (χ0v) is 11.2. The van der Waals surface area contributed by atoms with Crippen molar-refractivity contribution in [3.05, 3.63) is 69.3 Å². The smallest absolute Gasteiger partial charge is 0.269 e. The highest BCUT2D eigenvalue weighted by atomic mass is 16.6. The Labute approximate surface area is 116 Å². The largest absolute Gasteiger partial charge is 0.322 e. The second kappa shape index (κ2) is 5.52. The Bertz CT molecular complexity index is 663.